The smallest absolute Gasteiger partial charge is 0.325 e. The van der Waals surface area contributed by atoms with Crippen molar-refractivity contribution in [1.82, 2.24) is 74.4 Å². The number of aliphatic hydroxyl groups excluding tert-OH is 1. The minimum absolute atomic E-state index is 0.0462. The van der Waals surface area contributed by atoms with Crippen LogP contribution in [0.5, 0.6) is 0 Å². The summed E-state index contributed by atoms with van der Waals surface area (Å²) >= 11 is 0. The van der Waals surface area contributed by atoms with Crippen LogP contribution in [0.3, 0.4) is 0 Å². The largest absolute Gasteiger partial charge is 0.481 e. The van der Waals surface area contributed by atoms with Crippen LogP contribution in [0.4, 0.5) is 0 Å². The normalized spacial score (nSPS) is 15.4. The molecule has 0 unspecified atom stereocenters. The van der Waals surface area contributed by atoms with Gasteiger partial charge in [0.05, 0.1) is 38.5 Å². The molecule has 0 aliphatic carbocycles. The molecule has 0 saturated carbocycles. The average molecular weight is 1540 g/mol. The van der Waals surface area contributed by atoms with E-state index in [9.17, 15) is 112 Å². The molecular formula is C64H111N21O23. The van der Waals surface area contributed by atoms with Crippen LogP contribution in [-0.2, 0) is 91.1 Å². The van der Waals surface area contributed by atoms with Crippen LogP contribution in [0.1, 0.15) is 153 Å². The third kappa shape index (κ3) is 37.9. The van der Waals surface area contributed by atoms with E-state index in [1.54, 1.807) is 41.5 Å². The van der Waals surface area contributed by atoms with Crippen molar-refractivity contribution < 1.29 is 112 Å². The number of carboxylic acid groups (broad SMARTS) is 3. The fraction of sp³-hybridized carbons (Fsp3) is 0.688. The summed E-state index contributed by atoms with van der Waals surface area (Å²) in [6.07, 6.45) is -3.00. The average Bonchev–Trinajstić information content (AvgIpc) is 0.861. The molecule has 44 nitrogen and oxygen atoms in total. The first-order valence-corrected chi connectivity index (χ1v) is 34.9. The number of nitrogens with two attached hydrogens (primary N) is 6. The molecule has 0 spiro atoms. The summed E-state index contributed by atoms with van der Waals surface area (Å²) < 4.78 is 0. The Morgan fingerprint density at radius 3 is 1.24 bits per heavy atom. The van der Waals surface area contributed by atoms with Crippen molar-refractivity contribution >= 4 is 118 Å². The van der Waals surface area contributed by atoms with Crippen molar-refractivity contribution in [1.29, 1.82) is 0 Å². The summed E-state index contributed by atoms with van der Waals surface area (Å²) in [4.78, 5) is 252. The topological polar surface area (TPSA) is 742 Å². The molecule has 16 atom stereocenters. The van der Waals surface area contributed by atoms with Gasteiger partial charge in [-0.25, -0.2) is 0 Å². The van der Waals surface area contributed by atoms with Gasteiger partial charge in [0.25, 0.3) is 0 Å². The van der Waals surface area contributed by atoms with Crippen LogP contribution >= 0.6 is 0 Å². The zero-order valence-electron chi connectivity index (χ0n) is 62.3. The van der Waals surface area contributed by atoms with Gasteiger partial charge in [-0.15, -0.1) is 0 Å². The third-order valence-corrected chi connectivity index (χ3v) is 16.4. The molecule has 0 fully saturated rings. The number of carboxylic acids is 3. The molecule has 0 rings (SSSR count). The molecule has 44 heteroatoms. The molecular weight excluding hydrogens is 1430 g/mol. The van der Waals surface area contributed by atoms with Gasteiger partial charge >= 0.3 is 17.9 Å². The summed E-state index contributed by atoms with van der Waals surface area (Å²) in [7, 11) is 0. The van der Waals surface area contributed by atoms with Crippen molar-refractivity contribution in [3.63, 3.8) is 0 Å². The van der Waals surface area contributed by atoms with Gasteiger partial charge in [-0.2, -0.15) is 0 Å². The lowest BCUT2D eigenvalue weighted by atomic mass is 9.97. The quantitative estimate of drug-likeness (QED) is 0.0153. The Morgan fingerprint density at radius 2 is 0.778 bits per heavy atom. The number of aliphatic carboxylic acids is 3. The number of hydrogen-bond acceptors (Lipinski definition) is 23. The fourth-order valence-corrected chi connectivity index (χ4v) is 9.70. The van der Waals surface area contributed by atoms with Crippen molar-refractivity contribution in [2.75, 3.05) is 26.2 Å². The summed E-state index contributed by atoms with van der Waals surface area (Å²) in [5.74, 6) is -23.5. The first-order chi connectivity index (χ1) is 50.3. The zero-order chi connectivity index (χ0) is 83.0. The Kier molecular flexibility index (Phi) is 44.8. The van der Waals surface area contributed by atoms with Crippen molar-refractivity contribution in [3.8, 4) is 0 Å². The molecule has 0 bridgehead atoms. The molecule has 0 aromatic carbocycles. The molecule has 0 aliphatic heterocycles. The first-order valence-electron chi connectivity index (χ1n) is 34.9. The number of unbranched alkanes of at least 4 members (excludes halogenated alkanes) is 1. The molecule has 0 aromatic heterocycles. The number of amides is 16. The van der Waals surface area contributed by atoms with E-state index in [0.717, 1.165) is 20.8 Å². The monoisotopic (exact) mass is 1540 g/mol. The SMILES string of the molecule is CC[C@H](C)[C@H](NC(=O)[C@H](CCC(N)=O)NC(=O)[C@H](CC(C)C)NC(=O)CNC(=O)[C@H](C)NC(=O)[C@H](C)NC(=O)[C@H](CC(=O)O)NC(=O)[C@H](CC(=O)O)NC(=O)[C@H](CCCCN)NC(=O)[C@H](C)NC(=O)[C@H](CO)NC(=O)[C@H](CC(N)=O)NC(=O)[C@@H](NC(=O)[C@@H](N)CCCN=C(N)N)[C@@H](C)CC)C(=O)N[C@@H](C)C(=O)O. The van der Waals surface area contributed by atoms with E-state index in [2.05, 4.69) is 74.1 Å². The molecule has 0 aliphatic rings. The number of hydrogen-bond donors (Lipinski definition) is 24. The van der Waals surface area contributed by atoms with Crippen molar-refractivity contribution in [2.45, 2.75) is 237 Å². The summed E-state index contributed by atoms with van der Waals surface area (Å²) in [6, 6.07) is -22.3. The molecule has 0 heterocycles. The van der Waals surface area contributed by atoms with E-state index in [1.807, 2.05) is 5.32 Å². The van der Waals surface area contributed by atoms with Gasteiger partial charge in [0.15, 0.2) is 5.96 Å². The molecule has 30 N–H and O–H groups in total. The standard InChI is InChI=1S/C64H111N21O23/c1-11-29(5)48(61(105)76-34(10)63(107)108)85-55(99)37(18-19-43(67)87)79-57(101)38(22-28(3)4)77-45(89)26-72-50(94)31(7)73-51(95)32(8)74-56(100)40(24-46(90)91)81-59(103)41(25-47(92)93)80-54(98)36(17-13-14-20-65)78-52(96)33(9)75-60(104)42(27-86)83-58(102)39(23-44(68)88)82-62(106)49(30(6)12-2)84-53(97)35(66)16-15-21-71-64(69)70/h28-42,48-49,86H,11-27,65-66H2,1-10H3,(H2,67,87)(H2,68,88)(H,72,94)(H,73,95)(H,74,100)(H,75,104)(H,76,105)(H,77,89)(H,78,96)(H,79,101)(H,80,98)(H,81,103)(H,82,106)(H,83,102)(H,84,97)(H,85,99)(H,90,91)(H,92,93)(H,107,108)(H4,69,70,71)/t29-,30-,31-,32-,33-,34-,35-,36-,37-,38-,39-,40-,41-,42-,48-,49-/m0/s1. The highest BCUT2D eigenvalue weighted by Gasteiger charge is 2.38. The van der Waals surface area contributed by atoms with E-state index >= 15 is 0 Å². The van der Waals surface area contributed by atoms with Gasteiger partial charge in [0, 0.05) is 13.0 Å². The zero-order valence-corrected chi connectivity index (χ0v) is 62.3. The Bertz CT molecular complexity index is 3190. The maximum atomic E-state index is 13.9. The van der Waals surface area contributed by atoms with Crippen LogP contribution in [-0.4, -0.2) is 250 Å². The van der Waals surface area contributed by atoms with Crippen LogP contribution in [0.15, 0.2) is 4.99 Å². The van der Waals surface area contributed by atoms with Gasteiger partial charge < -0.3 is 129 Å². The van der Waals surface area contributed by atoms with Crippen LogP contribution in [0.2, 0.25) is 0 Å². The summed E-state index contributed by atoms with van der Waals surface area (Å²) in [5, 5.41) is 71.1. The molecule has 0 aromatic rings. The van der Waals surface area contributed by atoms with Crippen LogP contribution < -0.4 is 109 Å². The highest BCUT2D eigenvalue weighted by atomic mass is 16.4. The fourth-order valence-electron chi connectivity index (χ4n) is 9.70. The van der Waals surface area contributed by atoms with Gasteiger partial charge in [-0.1, -0.05) is 54.4 Å². The number of rotatable bonds is 53. The highest BCUT2D eigenvalue weighted by molar-refractivity contribution is 6.01. The van der Waals surface area contributed by atoms with Gasteiger partial charge in [-0.3, -0.25) is 96.1 Å². The van der Waals surface area contributed by atoms with Gasteiger partial charge in [0.1, 0.15) is 78.5 Å². The second-order valence-electron chi connectivity index (χ2n) is 26.2. The van der Waals surface area contributed by atoms with Gasteiger partial charge in [0.2, 0.25) is 94.5 Å². The first kappa shape index (κ1) is 97.1. The second-order valence-corrected chi connectivity index (χ2v) is 26.2. The van der Waals surface area contributed by atoms with E-state index in [4.69, 9.17) is 34.4 Å². The minimum atomic E-state index is -2.13. The molecule has 610 valence electrons. The Hall–Kier alpha value is -10.9. The van der Waals surface area contributed by atoms with Crippen molar-refractivity contribution in [2.24, 2.45) is 57.1 Å². The third-order valence-electron chi connectivity index (χ3n) is 16.4. The van der Waals surface area contributed by atoms with Gasteiger partial charge in [-0.05, 0) is 96.9 Å². The maximum absolute atomic E-state index is 13.9. The van der Waals surface area contributed by atoms with Crippen LogP contribution in [0.25, 0.3) is 0 Å². The Balaban J connectivity index is 6.30. The Labute approximate surface area is 623 Å². The van der Waals surface area contributed by atoms with E-state index < -0.39 is 248 Å². The van der Waals surface area contributed by atoms with E-state index in [0.29, 0.717) is 19.3 Å². The number of nitrogens with one attached hydrogen (secondary N) is 14. The Morgan fingerprint density at radius 1 is 0.389 bits per heavy atom. The summed E-state index contributed by atoms with van der Waals surface area (Å²) in [6.45, 7) is 12.8. The molecule has 16 amide bonds. The lowest BCUT2D eigenvalue weighted by Crippen LogP contribution is -2.61. The predicted molar refractivity (Wildman–Crippen MR) is 381 cm³/mol. The number of primary amides is 2. The number of guanidine groups is 1. The predicted octanol–water partition coefficient (Wildman–Crippen LogP) is -9.70. The molecule has 0 radical (unpaired) electrons. The van der Waals surface area contributed by atoms with Crippen molar-refractivity contribution in [3.05, 3.63) is 0 Å². The highest BCUT2D eigenvalue weighted by Crippen LogP contribution is 2.14. The summed E-state index contributed by atoms with van der Waals surface area (Å²) in [5.41, 5.74) is 33.0. The number of carbonyl (C=O) groups excluding carboxylic acids is 16. The lowest BCUT2D eigenvalue weighted by Gasteiger charge is -2.28. The minimum Gasteiger partial charge on any atom is -0.481 e. The number of nitrogens with zero attached hydrogens (tertiary/aromatic N) is 1. The van der Waals surface area contributed by atoms with E-state index in [-0.39, 0.29) is 63.5 Å². The molecule has 108 heavy (non-hydrogen) atoms. The second kappa shape index (κ2) is 49.8. The lowest BCUT2D eigenvalue weighted by molar-refractivity contribution is -0.143. The number of carbonyl (C=O) groups is 19. The maximum Gasteiger partial charge on any atom is 0.325 e. The number of aliphatic imine (C=N–C) groups is 1. The van der Waals surface area contributed by atoms with E-state index in [1.165, 1.54) is 6.92 Å². The number of aliphatic hydroxyl groups is 1. The van der Waals surface area contributed by atoms with Crippen LogP contribution in [0, 0.1) is 17.8 Å². The molecule has 0 saturated heterocycles.